The van der Waals surface area contributed by atoms with E-state index in [9.17, 15) is 4.79 Å². The number of aryl methyl sites for hydroxylation is 1. The summed E-state index contributed by atoms with van der Waals surface area (Å²) in [6.07, 6.45) is 0. The molecule has 0 saturated carbocycles. The standard InChI is InChI=1S/C20H28N4O/c1-13-8-6-7-9-16(13)24-18(10-17(23-24)20(3,4)5)22-19(25)14(2)15-11-21-12-15/h6-10,14-15,21H,11-12H2,1-5H3,(H,22,25). The fourth-order valence-electron chi connectivity index (χ4n) is 2.94. The summed E-state index contributed by atoms with van der Waals surface area (Å²) in [4.78, 5) is 12.7. The Hall–Kier alpha value is -2.14. The molecule has 134 valence electrons. The summed E-state index contributed by atoms with van der Waals surface area (Å²) < 4.78 is 1.86. The Morgan fingerprint density at radius 2 is 2.00 bits per heavy atom. The molecule has 2 heterocycles. The first-order valence-corrected chi connectivity index (χ1v) is 8.95. The van der Waals surface area contributed by atoms with Gasteiger partial charge in [-0.1, -0.05) is 45.9 Å². The van der Waals surface area contributed by atoms with E-state index in [-0.39, 0.29) is 17.2 Å². The van der Waals surface area contributed by atoms with Gasteiger partial charge in [-0.2, -0.15) is 5.10 Å². The number of hydrogen-bond acceptors (Lipinski definition) is 3. The molecule has 25 heavy (non-hydrogen) atoms. The molecule has 1 aromatic carbocycles. The fraction of sp³-hybridized carbons (Fsp3) is 0.500. The van der Waals surface area contributed by atoms with Crippen molar-refractivity contribution in [3.8, 4) is 5.69 Å². The molecule has 1 saturated heterocycles. The minimum absolute atomic E-state index is 0.0143. The van der Waals surface area contributed by atoms with Crippen LogP contribution in [0.5, 0.6) is 0 Å². The second-order valence-electron chi connectivity index (χ2n) is 8.06. The van der Waals surface area contributed by atoms with Crippen molar-refractivity contribution in [3.63, 3.8) is 0 Å². The van der Waals surface area contributed by atoms with Gasteiger partial charge in [0.25, 0.3) is 0 Å². The molecule has 1 aliphatic rings. The molecule has 2 aromatic rings. The average Bonchev–Trinajstić information content (AvgIpc) is 2.89. The molecule has 0 aliphatic carbocycles. The summed E-state index contributed by atoms with van der Waals surface area (Å²) in [5.74, 6) is 1.20. The second-order valence-corrected chi connectivity index (χ2v) is 8.06. The molecule has 1 amide bonds. The summed E-state index contributed by atoms with van der Waals surface area (Å²) in [6, 6.07) is 10.1. The van der Waals surface area contributed by atoms with Gasteiger partial charge in [0.2, 0.25) is 5.91 Å². The molecule has 1 fully saturated rings. The van der Waals surface area contributed by atoms with E-state index < -0.39 is 0 Å². The molecule has 0 bridgehead atoms. The Morgan fingerprint density at radius 1 is 1.32 bits per heavy atom. The molecule has 3 rings (SSSR count). The summed E-state index contributed by atoms with van der Waals surface area (Å²) >= 11 is 0. The summed E-state index contributed by atoms with van der Waals surface area (Å²) in [5.41, 5.74) is 2.99. The number of aromatic nitrogens is 2. The van der Waals surface area contributed by atoms with Gasteiger partial charge in [-0.25, -0.2) is 4.68 Å². The van der Waals surface area contributed by atoms with Crippen molar-refractivity contribution in [2.75, 3.05) is 18.4 Å². The zero-order chi connectivity index (χ0) is 18.2. The number of benzene rings is 1. The molecule has 1 unspecified atom stereocenters. The van der Waals surface area contributed by atoms with Gasteiger partial charge in [-0.05, 0) is 37.6 Å². The van der Waals surface area contributed by atoms with E-state index in [1.54, 1.807) is 0 Å². The van der Waals surface area contributed by atoms with Crippen LogP contribution in [0.2, 0.25) is 0 Å². The van der Waals surface area contributed by atoms with E-state index in [0.29, 0.717) is 5.92 Å². The predicted octanol–water partition coefficient (Wildman–Crippen LogP) is 3.27. The third kappa shape index (κ3) is 3.61. The number of nitrogens with one attached hydrogen (secondary N) is 2. The van der Waals surface area contributed by atoms with E-state index in [4.69, 9.17) is 5.10 Å². The predicted molar refractivity (Wildman–Crippen MR) is 101 cm³/mol. The third-order valence-electron chi connectivity index (χ3n) is 5.01. The van der Waals surface area contributed by atoms with Gasteiger partial charge in [0.1, 0.15) is 5.82 Å². The maximum atomic E-state index is 12.7. The lowest BCUT2D eigenvalue weighted by molar-refractivity contribution is -0.121. The van der Waals surface area contributed by atoms with E-state index in [1.165, 1.54) is 0 Å². The zero-order valence-electron chi connectivity index (χ0n) is 15.8. The van der Waals surface area contributed by atoms with E-state index in [2.05, 4.69) is 44.4 Å². The summed E-state index contributed by atoms with van der Waals surface area (Å²) in [6.45, 7) is 12.3. The lowest BCUT2D eigenvalue weighted by Crippen LogP contribution is -2.48. The lowest BCUT2D eigenvalue weighted by Gasteiger charge is -2.31. The molecule has 5 nitrogen and oxygen atoms in total. The number of rotatable bonds is 4. The normalized spacial score (nSPS) is 16.4. The van der Waals surface area contributed by atoms with Crippen molar-refractivity contribution in [3.05, 3.63) is 41.6 Å². The van der Waals surface area contributed by atoms with Gasteiger partial charge in [-0.15, -0.1) is 0 Å². The minimum atomic E-state index is -0.0864. The Kier molecular flexibility index (Phi) is 4.69. The molecular formula is C20H28N4O. The monoisotopic (exact) mass is 340 g/mol. The van der Waals surface area contributed by atoms with Crippen LogP contribution in [0, 0.1) is 18.8 Å². The highest BCUT2D eigenvalue weighted by molar-refractivity contribution is 5.92. The molecule has 2 N–H and O–H groups in total. The first-order valence-electron chi connectivity index (χ1n) is 8.95. The van der Waals surface area contributed by atoms with E-state index in [0.717, 1.165) is 35.9 Å². The average molecular weight is 340 g/mol. The van der Waals surface area contributed by atoms with Crippen molar-refractivity contribution < 1.29 is 4.79 Å². The van der Waals surface area contributed by atoms with Crippen molar-refractivity contribution in [2.45, 2.75) is 40.0 Å². The first kappa shape index (κ1) is 17.7. The Labute approximate surface area is 149 Å². The molecule has 1 aromatic heterocycles. The molecule has 0 radical (unpaired) electrons. The smallest absolute Gasteiger partial charge is 0.228 e. The largest absolute Gasteiger partial charge is 0.316 e. The van der Waals surface area contributed by atoms with Crippen LogP contribution in [0.3, 0.4) is 0 Å². The highest BCUT2D eigenvalue weighted by Gasteiger charge is 2.30. The fourth-order valence-corrected chi connectivity index (χ4v) is 2.94. The van der Waals surface area contributed by atoms with E-state index >= 15 is 0 Å². The maximum Gasteiger partial charge on any atom is 0.228 e. The Morgan fingerprint density at radius 3 is 2.56 bits per heavy atom. The van der Waals surface area contributed by atoms with Gasteiger partial charge < -0.3 is 10.6 Å². The number of carbonyl (C=O) groups is 1. The topological polar surface area (TPSA) is 59.0 Å². The minimum Gasteiger partial charge on any atom is -0.316 e. The summed E-state index contributed by atoms with van der Waals surface area (Å²) in [7, 11) is 0. The van der Waals surface area contributed by atoms with Crippen LogP contribution in [0.4, 0.5) is 5.82 Å². The highest BCUT2D eigenvalue weighted by atomic mass is 16.2. The second kappa shape index (κ2) is 6.64. The Balaban J connectivity index is 1.95. The van der Waals surface area contributed by atoms with Crippen LogP contribution >= 0.6 is 0 Å². The zero-order valence-corrected chi connectivity index (χ0v) is 15.8. The van der Waals surface area contributed by atoms with Crippen LogP contribution in [-0.4, -0.2) is 28.8 Å². The van der Waals surface area contributed by atoms with Crippen LogP contribution in [0.15, 0.2) is 30.3 Å². The third-order valence-corrected chi connectivity index (χ3v) is 5.01. The van der Waals surface area contributed by atoms with Gasteiger partial charge in [0.05, 0.1) is 11.4 Å². The first-order chi connectivity index (χ1) is 11.8. The van der Waals surface area contributed by atoms with Crippen LogP contribution < -0.4 is 10.6 Å². The van der Waals surface area contributed by atoms with Crippen molar-refractivity contribution in [1.82, 2.24) is 15.1 Å². The number of carbonyl (C=O) groups excluding carboxylic acids is 1. The van der Waals surface area contributed by atoms with Gasteiger partial charge in [0.15, 0.2) is 0 Å². The molecule has 0 spiro atoms. The summed E-state index contributed by atoms with van der Waals surface area (Å²) in [5, 5.41) is 11.1. The Bertz CT molecular complexity index is 768. The molecule has 1 atom stereocenters. The maximum absolute atomic E-state index is 12.7. The molecule has 5 heteroatoms. The number of hydrogen-bond donors (Lipinski definition) is 2. The molecule has 1 aliphatic heterocycles. The number of para-hydroxylation sites is 1. The van der Waals surface area contributed by atoms with Crippen molar-refractivity contribution in [2.24, 2.45) is 11.8 Å². The van der Waals surface area contributed by atoms with Crippen LogP contribution in [0.25, 0.3) is 5.69 Å². The number of amides is 1. The van der Waals surface area contributed by atoms with Crippen LogP contribution in [0.1, 0.15) is 39.0 Å². The highest BCUT2D eigenvalue weighted by Crippen LogP contribution is 2.28. The van der Waals surface area contributed by atoms with Crippen molar-refractivity contribution >= 4 is 11.7 Å². The molecular weight excluding hydrogens is 312 g/mol. The van der Waals surface area contributed by atoms with Crippen molar-refractivity contribution in [1.29, 1.82) is 0 Å². The van der Waals surface area contributed by atoms with E-state index in [1.807, 2.05) is 35.9 Å². The van der Waals surface area contributed by atoms with Crippen LogP contribution in [-0.2, 0) is 10.2 Å². The quantitative estimate of drug-likeness (QED) is 0.898. The SMILES string of the molecule is Cc1ccccc1-n1nc(C(C)(C)C)cc1NC(=O)C(C)C1CNC1. The number of nitrogens with zero attached hydrogens (tertiary/aromatic N) is 2. The van der Waals surface area contributed by atoms with Gasteiger partial charge >= 0.3 is 0 Å². The number of anilines is 1. The van der Waals surface area contributed by atoms with Gasteiger partial charge in [-0.3, -0.25) is 4.79 Å². The van der Waals surface area contributed by atoms with Gasteiger partial charge in [0, 0.05) is 17.4 Å². The lowest BCUT2D eigenvalue weighted by atomic mass is 9.88.